The smallest absolute Gasteiger partial charge is 0.264 e. The SMILES string of the molecule is C=C(C)/C(=N\C=C/C)n1c(Cn2nc(-c3ccccc3)c3c(N)ncnc32)cc2cccc(C)c2c1=O. The summed E-state index contributed by atoms with van der Waals surface area (Å²) in [5.41, 5.74) is 10.5. The molecule has 0 spiro atoms. The van der Waals surface area contributed by atoms with E-state index in [1.165, 1.54) is 6.33 Å². The molecule has 0 aliphatic carbocycles. The van der Waals surface area contributed by atoms with Gasteiger partial charge in [0.1, 0.15) is 23.7 Å². The van der Waals surface area contributed by atoms with Crippen LogP contribution < -0.4 is 11.3 Å². The number of anilines is 1. The predicted molar refractivity (Wildman–Crippen MR) is 150 cm³/mol. The molecule has 3 heterocycles. The summed E-state index contributed by atoms with van der Waals surface area (Å²) in [5.74, 6) is 0.816. The molecule has 0 saturated carbocycles. The molecule has 0 unspecified atom stereocenters. The van der Waals surface area contributed by atoms with Gasteiger partial charge in [-0.2, -0.15) is 5.10 Å². The van der Waals surface area contributed by atoms with Crippen LogP contribution in [-0.2, 0) is 6.54 Å². The highest BCUT2D eigenvalue weighted by Gasteiger charge is 2.21. The highest BCUT2D eigenvalue weighted by atomic mass is 16.1. The average Bonchev–Trinajstić information content (AvgIpc) is 3.25. The number of aromatic nitrogens is 5. The number of pyridine rings is 1. The molecule has 2 aromatic carbocycles. The molecule has 0 bridgehead atoms. The molecule has 0 amide bonds. The molecule has 0 saturated heterocycles. The minimum atomic E-state index is -0.161. The minimum Gasteiger partial charge on any atom is -0.383 e. The Morgan fingerprint density at radius 3 is 2.62 bits per heavy atom. The van der Waals surface area contributed by atoms with E-state index >= 15 is 0 Å². The summed E-state index contributed by atoms with van der Waals surface area (Å²) in [5, 5.41) is 7.05. The van der Waals surface area contributed by atoms with E-state index in [2.05, 4.69) is 21.5 Å². The van der Waals surface area contributed by atoms with E-state index in [9.17, 15) is 4.79 Å². The van der Waals surface area contributed by atoms with Crippen molar-refractivity contribution < 1.29 is 0 Å². The Balaban J connectivity index is 1.80. The minimum absolute atomic E-state index is 0.161. The number of aliphatic imine (C=N–C) groups is 1. The van der Waals surface area contributed by atoms with Crippen LogP contribution in [-0.4, -0.2) is 30.2 Å². The van der Waals surface area contributed by atoms with Crippen molar-refractivity contribution in [3.63, 3.8) is 0 Å². The number of nitrogens with two attached hydrogens (primary N) is 1. The Hall–Kier alpha value is -4.85. The molecule has 2 N–H and O–H groups in total. The summed E-state index contributed by atoms with van der Waals surface area (Å²) >= 11 is 0. The second kappa shape index (κ2) is 9.66. The number of aryl methyl sites for hydroxylation is 1. The van der Waals surface area contributed by atoms with Crippen LogP contribution in [0.1, 0.15) is 25.1 Å². The lowest BCUT2D eigenvalue weighted by Crippen LogP contribution is -2.32. The predicted octanol–water partition coefficient (Wildman–Crippen LogP) is 5.10. The Bertz CT molecular complexity index is 1780. The fourth-order valence-electron chi connectivity index (χ4n) is 4.53. The van der Waals surface area contributed by atoms with Gasteiger partial charge in [0.2, 0.25) is 0 Å². The molecule has 8 nitrogen and oxygen atoms in total. The van der Waals surface area contributed by atoms with E-state index in [4.69, 9.17) is 10.8 Å². The molecule has 37 heavy (non-hydrogen) atoms. The second-order valence-electron chi connectivity index (χ2n) is 8.86. The van der Waals surface area contributed by atoms with Crippen LogP contribution in [0.4, 0.5) is 5.82 Å². The summed E-state index contributed by atoms with van der Waals surface area (Å²) in [7, 11) is 0. The third kappa shape index (κ3) is 4.23. The highest BCUT2D eigenvalue weighted by molar-refractivity contribution is 6.02. The van der Waals surface area contributed by atoms with Crippen molar-refractivity contribution in [2.75, 3.05) is 5.73 Å². The Labute approximate surface area is 214 Å². The normalized spacial score (nSPS) is 12.1. The van der Waals surface area contributed by atoms with Crippen LogP contribution in [0.2, 0.25) is 0 Å². The lowest BCUT2D eigenvalue weighted by atomic mass is 10.1. The molecule has 0 aliphatic rings. The van der Waals surface area contributed by atoms with Crippen LogP contribution in [0.3, 0.4) is 0 Å². The first-order valence-corrected chi connectivity index (χ1v) is 11.9. The molecule has 0 atom stereocenters. The summed E-state index contributed by atoms with van der Waals surface area (Å²) < 4.78 is 3.38. The molecule has 8 heteroatoms. The van der Waals surface area contributed by atoms with E-state index in [-0.39, 0.29) is 12.1 Å². The van der Waals surface area contributed by atoms with Crippen LogP contribution in [0.25, 0.3) is 33.1 Å². The van der Waals surface area contributed by atoms with Gasteiger partial charge in [-0.3, -0.25) is 9.36 Å². The van der Waals surface area contributed by atoms with Crippen LogP contribution >= 0.6 is 0 Å². The average molecular weight is 490 g/mol. The zero-order valence-corrected chi connectivity index (χ0v) is 21.0. The molecular formula is C29H27N7O. The second-order valence-corrected chi connectivity index (χ2v) is 8.86. The Morgan fingerprint density at radius 2 is 1.89 bits per heavy atom. The summed E-state index contributed by atoms with van der Waals surface area (Å²) in [6, 6.07) is 17.6. The van der Waals surface area contributed by atoms with Crippen LogP contribution in [0.5, 0.6) is 0 Å². The van der Waals surface area contributed by atoms with Gasteiger partial charge in [0.25, 0.3) is 5.56 Å². The highest BCUT2D eigenvalue weighted by Crippen LogP contribution is 2.30. The first-order valence-electron chi connectivity index (χ1n) is 11.9. The van der Waals surface area contributed by atoms with Crippen LogP contribution in [0, 0.1) is 6.92 Å². The summed E-state index contributed by atoms with van der Waals surface area (Å²) in [6.07, 6.45) is 4.90. The molecule has 3 aromatic heterocycles. The van der Waals surface area contributed by atoms with Crippen molar-refractivity contribution in [2.24, 2.45) is 4.99 Å². The van der Waals surface area contributed by atoms with Gasteiger partial charge in [-0.05, 0) is 43.4 Å². The summed E-state index contributed by atoms with van der Waals surface area (Å²) in [4.78, 5) is 27.2. The quantitative estimate of drug-likeness (QED) is 0.273. The van der Waals surface area contributed by atoms with Crippen molar-refractivity contribution in [3.8, 4) is 11.3 Å². The maximum atomic E-state index is 14.0. The van der Waals surface area contributed by atoms with E-state index in [0.29, 0.717) is 45.0 Å². The topological polar surface area (TPSA) is 104 Å². The maximum Gasteiger partial charge on any atom is 0.264 e. The van der Waals surface area contributed by atoms with Gasteiger partial charge in [-0.25, -0.2) is 19.6 Å². The van der Waals surface area contributed by atoms with Crippen molar-refractivity contribution in [2.45, 2.75) is 27.3 Å². The van der Waals surface area contributed by atoms with Gasteiger partial charge in [0, 0.05) is 11.8 Å². The van der Waals surface area contributed by atoms with Crippen molar-refractivity contribution in [1.82, 2.24) is 24.3 Å². The lowest BCUT2D eigenvalue weighted by molar-refractivity contribution is 0.678. The maximum absolute atomic E-state index is 14.0. The van der Waals surface area contributed by atoms with Crippen molar-refractivity contribution in [3.05, 3.63) is 107 Å². The monoisotopic (exact) mass is 489 g/mol. The fourth-order valence-corrected chi connectivity index (χ4v) is 4.53. The third-order valence-electron chi connectivity index (χ3n) is 6.19. The number of hydrogen-bond donors (Lipinski definition) is 1. The molecule has 0 aliphatic heterocycles. The number of fused-ring (bicyclic) bond motifs is 2. The van der Waals surface area contributed by atoms with Gasteiger partial charge < -0.3 is 5.73 Å². The van der Waals surface area contributed by atoms with Gasteiger partial charge in [0.05, 0.1) is 23.0 Å². The van der Waals surface area contributed by atoms with Gasteiger partial charge in [-0.15, -0.1) is 0 Å². The van der Waals surface area contributed by atoms with E-state index in [1.807, 2.05) is 81.4 Å². The largest absolute Gasteiger partial charge is 0.383 e. The first-order chi connectivity index (χ1) is 17.9. The number of rotatable bonds is 5. The number of nitrogens with zero attached hydrogens (tertiary/aromatic N) is 6. The molecule has 0 fully saturated rings. The molecular weight excluding hydrogens is 462 g/mol. The lowest BCUT2D eigenvalue weighted by Gasteiger charge is -2.17. The molecule has 5 aromatic rings. The first kappa shape index (κ1) is 23.9. The number of nitrogen functional groups attached to an aromatic ring is 1. The standard InChI is InChI=1S/C29H27N7O/c1-5-14-31-27(18(2)3)36-22(15-21-13-9-10-19(4)23(21)29(36)37)16-35-28-24(26(30)32-17-33-28)25(34-35)20-11-7-6-8-12-20/h5-15,17H,2,16H2,1,3-4H3,(H2,30,32,33)/b14-5-,31-27+. The molecule has 5 rings (SSSR count). The van der Waals surface area contributed by atoms with E-state index < -0.39 is 0 Å². The Kier molecular flexibility index (Phi) is 6.23. The zero-order valence-electron chi connectivity index (χ0n) is 21.0. The van der Waals surface area contributed by atoms with E-state index in [0.717, 1.165) is 16.5 Å². The third-order valence-corrected chi connectivity index (χ3v) is 6.19. The number of hydrogen-bond acceptors (Lipinski definition) is 6. The van der Waals surface area contributed by atoms with Gasteiger partial charge in [0.15, 0.2) is 5.65 Å². The van der Waals surface area contributed by atoms with Crippen molar-refractivity contribution in [1.29, 1.82) is 0 Å². The summed E-state index contributed by atoms with van der Waals surface area (Å²) in [6.45, 7) is 10.00. The van der Waals surface area contributed by atoms with Crippen LogP contribution in [0.15, 0.2) is 95.1 Å². The van der Waals surface area contributed by atoms with Crippen molar-refractivity contribution >= 4 is 33.5 Å². The molecule has 0 radical (unpaired) electrons. The Morgan fingerprint density at radius 1 is 1.11 bits per heavy atom. The molecule has 184 valence electrons. The number of allylic oxidation sites excluding steroid dienone is 2. The zero-order chi connectivity index (χ0) is 26.1. The van der Waals surface area contributed by atoms with Gasteiger partial charge >= 0.3 is 0 Å². The van der Waals surface area contributed by atoms with E-state index in [1.54, 1.807) is 15.4 Å². The fraction of sp³-hybridized carbons (Fsp3) is 0.138. The van der Waals surface area contributed by atoms with Gasteiger partial charge in [-0.1, -0.05) is 61.2 Å². The number of benzene rings is 2.